The lowest BCUT2D eigenvalue weighted by atomic mass is 10.2. The fourth-order valence-electron chi connectivity index (χ4n) is 2.47. The molecule has 0 saturated carbocycles. The van der Waals surface area contributed by atoms with Crippen molar-refractivity contribution in [2.75, 3.05) is 0 Å². The van der Waals surface area contributed by atoms with Crippen molar-refractivity contribution in [1.29, 1.82) is 0 Å². The second-order valence-electron chi connectivity index (χ2n) is 5.89. The number of ether oxygens (including phenoxy) is 1. The van der Waals surface area contributed by atoms with E-state index in [0.717, 1.165) is 27.8 Å². The molecule has 2 aromatic carbocycles. The van der Waals surface area contributed by atoms with Crippen LogP contribution < -0.4 is 9.84 Å². The summed E-state index contributed by atoms with van der Waals surface area (Å²) >= 11 is 6.20. The zero-order chi connectivity index (χ0) is 19.4. The first-order chi connectivity index (χ1) is 13.0. The Hall–Kier alpha value is -2.64. The SMILES string of the molecule is CC(C(=O)[O-])N1C(=O)C(=Cc2ccc(OCc3ccccc3)cc2)SC1=S. The first-order valence-electron chi connectivity index (χ1n) is 8.20. The van der Waals surface area contributed by atoms with Gasteiger partial charge < -0.3 is 14.6 Å². The Kier molecular flexibility index (Phi) is 5.93. The zero-order valence-corrected chi connectivity index (χ0v) is 16.1. The molecule has 1 saturated heterocycles. The molecule has 0 aromatic heterocycles. The lowest BCUT2D eigenvalue weighted by molar-refractivity contribution is -0.309. The first-order valence-corrected chi connectivity index (χ1v) is 9.43. The number of carboxylic acids is 1. The minimum Gasteiger partial charge on any atom is -0.548 e. The topological polar surface area (TPSA) is 69.7 Å². The number of hydrogen-bond acceptors (Lipinski definition) is 6. The lowest BCUT2D eigenvalue weighted by Gasteiger charge is -2.23. The van der Waals surface area contributed by atoms with Crippen LogP contribution in [0.2, 0.25) is 0 Å². The zero-order valence-electron chi connectivity index (χ0n) is 14.5. The summed E-state index contributed by atoms with van der Waals surface area (Å²) in [7, 11) is 0. The van der Waals surface area contributed by atoms with Crippen LogP contribution in [0.4, 0.5) is 0 Å². The highest BCUT2D eigenvalue weighted by molar-refractivity contribution is 8.26. The van der Waals surface area contributed by atoms with Crippen molar-refractivity contribution < 1.29 is 19.4 Å². The lowest BCUT2D eigenvalue weighted by Crippen LogP contribution is -2.48. The van der Waals surface area contributed by atoms with Gasteiger partial charge in [0.05, 0.1) is 16.9 Å². The Morgan fingerprint density at radius 3 is 2.52 bits per heavy atom. The number of aliphatic carboxylic acids is 1. The van der Waals surface area contributed by atoms with E-state index in [2.05, 4.69) is 0 Å². The summed E-state index contributed by atoms with van der Waals surface area (Å²) in [5.74, 6) is -1.05. The Morgan fingerprint density at radius 1 is 1.22 bits per heavy atom. The third-order valence-corrected chi connectivity index (χ3v) is 5.31. The van der Waals surface area contributed by atoms with Crippen LogP contribution >= 0.6 is 24.0 Å². The molecule has 1 aliphatic rings. The van der Waals surface area contributed by atoms with Crippen molar-refractivity contribution in [3.8, 4) is 5.75 Å². The molecule has 0 bridgehead atoms. The smallest absolute Gasteiger partial charge is 0.266 e. The molecule has 5 nitrogen and oxygen atoms in total. The van der Waals surface area contributed by atoms with Crippen LogP contribution in [-0.2, 0) is 16.2 Å². The second-order valence-corrected chi connectivity index (χ2v) is 7.57. The molecule has 27 heavy (non-hydrogen) atoms. The standard InChI is InChI=1S/C20H17NO4S2/c1-13(19(23)24)21-18(22)17(27-20(21)26)11-14-7-9-16(10-8-14)25-12-15-5-3-2-4-6-15/h2-11,13H,12H2,1H3,(H,23,24)/p-1. The summed E-state index contributed by atoms with van der Waals surface area (Å²) < 4.78 is 5.95. The predicted octanol–water partition coefficient (Wildman–Crippen LogP) is 2.61. The van der Waals surface area contributed by atoms with Crippen LogP contribution in [0.5, 0.6) is 5.75 Å². The van der Waals surface area contributed by atoms with Gasteiger partial charge >= 0.3 is 0 Å². The molecule has 0 spiro atoms. The van der Waals surface area contributed by atoms with Gasteiger partial charge in [-0.1, -0.05) is 66.4 Å². The normalized spacial score (nSPS) is 16.6. The number of hydrogen-bond donors (Lipinski definition) is 0. The molecule has 1 atom stereocenters. The van der Waals surface area contributed by atoms with E-state index in [1.54, 1.807) is 6.08 Å². The van der Waals surface area contributed by atoms with Crippen molar-refractivity contribution in [3.63, 3.8) is 0 Å². The Bertz CT molecular complexity index is 894. The van der Waals surface area contributed by atoms with Crippen LogP contribution in [0, 0.1) is 0 Å². The number of benzene rings is 2. The minimum absolute atomic E-state index is 0.214. The Balaban J connectivity index is 1.68. The van der Waals surface area contributed by atoms with Gasteiger partial charge in [-0.3, -0.25) is 9.69 Å². The highest BCUT2D eigenvalue weighted by Crippen LogP contribution is 2.34. The molecule has 0 radical (unpaired) electrons. The summed E-state index contributed by atoms with van der Waals surface area (Å²) in [5, 5.41) is 11.0. The molecule has 1 heterocycles. The van der Waals surface area contributed by atoms with E-state index in [1.807, 2.05) is 54.6 Å². The highest BCUT2D eigenvalue weighted by atomic mass is 32.2. The molecule has 0 aliphatic carbocycles. The molecule has 0 N–H and O–H groups in total. The van der Waals surface area contributed by atoms with Gasteiger partial charge in [0, 0.05) is 0 Å². The maximum absolute atomic E-state index is 12.4. The fraction of sp³-hybridized carbons (Fsp3) is 0.150. The maximum Gasteiger partial charge on any atom is 0.266 e. The van der Waals surface area contributed by atoms with E-state index in [-0.39, 0.29) is 4.32 Å². The summed E-state index contributed by atoms with van der Waals surface area (Å²) in [4.78, 5) is 24.9. The second kappa shape index (κ2) is 8.37. The van der Waals surface area contributed by atoms with Crippen LogP contribution in [0.15, 0.2) is 59.5 Å². The summed E-state index contributed by atoms with van der Waals surface area (Å²) in [6, 6.07) is 16.0. The third-order valence-electron chi connectivity index (χ3n) is 3.98. The number of amides is 1. The number of thioether (sulfide) groups is 1. The quantitative estimate of drug-likeness (QED) is 0.550. The number of rotatable bonds is 6. The van der Waals surface area contributed by atoms with E-state index in [4.69, 9.17) is 17.0 Å². The van der Waals surface area contributed by atoms with Crippen LogP contribution in [0.25, 0.3) is 6.08 Å². The van der Waals surface area contributed by atoms with Crippen molar-refractivity contribution in [3.05, 3.63) is 70.6 Å². The van der Waals surface area contributed by atoms with Crippen molar-refractivity contribution in [2.24, 2.45) is 0 Å². The average Bonchev–Trinajstić information content (AvgIpc) is 2.94. The summed E-state index contributed by atoms with van der Waals surface area (Å²) in [6.07, 6.45) is 1.68. The molecule has 3 rings (SSSR count). The van der Waals surface area contributed by atoms with Gasteiger partial charge in [0.25, 0.3) is 5.91 Å². The predicted molar refractivity (Wildman–Crippen MR) is 107 cm³/mol. The molecular formula is C20H16NO4S2-. The number of carboxylic acid groups (broad SMARTS) is 1. The van der Waals surface area contributed by atoms with E-state index in [0.29, 0.717) is 17.3 Å². The van der Waals surface area contributed by atoms with Crippen LogP contribution in [0.3, 0.4) is 0 Å². The van der Waals surface area contributed by atoms with E-state index >= 15 is 0 Å². The number of nitrogens with zero attached hydrogens (tertiary/aromatic N) is 1. The van der Waals surface area contributed by atoms with Crippen LogP contribution in [-0.4, -0.2) is 27.1 Å². The number of thiocarbonyl (C=S) groups is 1. The van der Waals surface area contributed by atoms with Gasteiger partial charge in [0.1, 0.15) is 16.7 Å². The Morgan fingerprint density at radius 2 is 1.89 bits per heavy atom. The van der Waals surface area contributed by atoms with E-state index < -0.39 is 17.9 Å². The van der Waals surface area contributed by atoms with E-state index in [9.17, 15) is 14.7 Å². The molecule has 7 heteroatoms. The van der Waals surface area contributed by atoms with Gasteiger partial charge in [-0.2, -0.15) is 0 Å². The average molecular weight is 398 g/mol. The molecule has 1 amide bonds. The summed E-state index contributed by atoms with van der Waals surface area (Å²) in [5.41, 5.74) is 1.87. The molecule has 1 fully saturated rings. The maximum atomic E-state index is 12.4. The fourth-order valence-corrected chi connectivity index (χ4v) is 3.89. The third kappa shape index (κ3) is 4.56. The highest BCUT2D eigenvalue weighted by Gasteiger charge is 2.35. The van der Waals surface area contributed by atoms with Gasteiger partial charge in [0.2, 0.25) is 0 Å². The molecular weight excluding hydrogens is 382 g/mol. The van der Waals surface area contributed by atoms with Crippen molar-refractivity contribution in [2.45, 2.75) is 19.6 Å². The van der Waals surface area contributed by atoms with E-state index in [1.165, 1.54) is 6.92 Å². The molecule has 1 aliphatic heterocycles. The van der Waals surface area contributed by atoms with Gasteiger partial charge in [-0.15, -0.1) is 0 Å². The van der Waals surface area contributed by atoms with Gasteiger partial charge in [-0.25, -0.2) is 0 Å². The van der Waals surface area contributed by atoms with Gasteiger partial charge in [-0.05, 0) is 36.3 Å². The van der Waals surface area contributed by atoms with Crippen LogP contribution in [0.1, 0.15) is 18.1 Å². The minimum atomic E-state index is -1.34. The Labute approximate surface area is 166 Å². The molecule has 2 aromatic rings. The largest absolute Gasteiger partial charge is 0.548 e. The summed E-state index contributed by atoms with van der Waals surface area (Å²) in [6.45, 7) is 1.85. The van der Waals surface area contributed by atoms with Crippen molar-refractivity contribution in [1.82, 2.24) is 4.90 Å². The van der Waals surface area contributed by atoms with Gasteiger partial charge in [0.15, 0.2) is 0 Å². The molecule has 138 valence electrons. The number of carbonyl (C=O) groups is 2. The first kappa shape index (κ1) is 19.1. The molecule has 1 unspecified atom stereocenters. The van der Waals surface area contributed by atoms with Crippen molar-refractivity contribution >= 4 is 46.3 Å². The monoisotopic (exact) mass is 398 g/mol. The number of carbonyl (C=O) groups excluding carboxylic acids is 2.